The molecule has 0 saturated heterocycles. The van der Waals surface area contributed by atoms with Gasteiger partial charge in [-0.3, -0.25) is 4.79 Å². The van der Waals surface area contributed by atoms with Gasteiger partial charge >= 0.3 is 172 Å². The standard InChI is InChI=1S/C25H21N2Se.C13H24O2.Ir/c1-25(2,3)14-16-8-11-20-21(12-16)28-24-22(26-15-27-23(20)24)19-10-9-17-6-4-5-7-18(17)13-19;1-5-10(6-2)12(14)9-13(15)11(7-3)8-4;/h4-12,15H,14H2,1-3H3;9-11,14H,5-8H2,1-4H3;/q-1;;/b;12-9-;/i9D;;. The van der Waals surface area contributed by atoms with E-state index in [1.54, 1.807) is 6.33 Å². The van der Waals surface area contributed by atoms with Gasteiger partial charge in [-0.2, -0.15) is 0 Å². The molecule has 44 heavy (non-hydrogen) atoms. The van der Waals surface area contributed by atoms with Gasteiger partial charge in [-0.1, -0.05) is 27.7 Å². The van der Waals surface area contributed by atoms with E-state index in [9.17, 15) is 9.90 Å². The topological polar surface area (TPSA) is 63.1 Å². The zero-order valence-electron chi connectivity index (χ0n) is 28.0. The van der Waals surface area contributed by atoms with Crippen molar-refractivity contribution in [3.8, 4) is 11.3 Å². The zero-order chi connectivity index (χ0) is 32.0. The van der Waals surface area contributed by atoms with Crippen LogP contribution in [0.4, 0.5) is 0 Å². The van der Waals surface area contributed by atoms with Crippen molar-refractivity contribution in [2.24, 2.45) is 17.3 Å². The first-order valence-electron chi connectivity index (χ1n) is 16.0. The van der Waals surface area contributed by atoms with Gasteiger partial charge in [-0.15, -0.1) is 0 Å². The third kappa shape index (κ3) is 8.76. The van der Waals surface area contributed by atoms with Crippen LogP contribution in [0.1, 0.15) is 81.1 Å². The Morgan fingerprint density at radius 3 is 2.34 bits per heavy atom. The molecule has 2 aromatic heterocycles. The fourth-order valence-corrected chi connectivity index (χ4v) is 8.06. The molecule has 0 aliphatic carbocycles. The molecule has 5 rings (SSSR count). The Hall–Kier alpha value is -2.62. The molecule has 1 N–H and O–H groups in total. The van der Waals surface area contributed by atoms with E-state index in [1.807, 2.05) is 58.0 Å². The molecule has 2 heterocycles. The summed E-state index contributed by atoms with van der Waals surface area (Å²) in [5, 5.41) is 12.9. The van der Waals surface area contributed by atoms with Crippen LogP contribution in [0, 0.1) is 23.3 Å². The molecule has 0 amide bonds. The number of ketones is 1. The molecule has 6 heteroatoms. The Balaban J connectivity index is 0.000000297. The number of hydrogen-bond acceptors (Lipinski definition) is 4. The van der Waals surface area contributed by atoms with E-state index in [0.717, 1.165) is 59.7 Å². The Kier molecular flexibility index (Phi) is 12.5. The molecular weight excluding hydrogens is 788 g/mol. The Morgan fingerprint density at radius 2 is 1.68 bits per heavy atom. The summed E-state index contributed by atoms with van der Waals surface area (Å²) in [6.07, 6.45) is 7.62. The van der Waals surface area contributed by atoms with Crippen LogP contribution in [0.15, 0.2) is 72.7 Å². The van der Waals surface area contributed by atoms with Crippen LogP contribution in [0.3, 0.4) is 0 Å². The van der Waals surface area contributed by atoms with E-state index < -0.39 is 0 Å². The van der Waals surface area contributed by atoms with Crippen molar-refractivity contribution in [3.05, 3.63) is 84.4 Å². The molecule has 0 fully saturated rings. The van der Waals surface area contributed by atoms with Crippen molar-refractivity contribution in [2.45, 2.75) is 80.6 Å². The van der Waals surface area contributed by atoms with E-state index >= 15 is 0 Å². The molecule has 235 valence electrons. The van der Waals surface area contributed by atoms with Crippen molar-refractivity contribution in [1.82, 2.24) is 9.97 Å². The second kappa shape index (κ2) is 16.1. The maximum absolute atomic E-state index is 11.7. The Morgan fingerprint density at radius 1 is 1.00 bits per heavy atom. The monoisotopic (exact) mass is 835 g/mol. The van der Waals surface area contributed by atoms with Crippen LogP contribution in [-0.4, -0.2) is 35.4 Å². The molecule has 0 aliphatic heterocycles. The van der Waals surface area contributed by atoms with Crippen molar-refractivity contribution in [1.29, 1.82) is 0 Å². The number of carbonyl (C=O) groups is 1. The maximum Gasteiger partial charge on any atom is 0 e. The average Bonchev–Trinajstić information content (AvgIpc) is 3.36. The molecule has 0 atom stereocenters. The van der Waals surface area contributed by atoms with Crippen LogP contribution in [0.2, 0.25) is 0 Å². The summed E-state index contributed by atoms with van der Waals surface area (Å²) >= 11 is 0.150. The first-order valence-corrected chi connectivity index (χ1v) is 17.2. The minimum atomic E-state index is 0. The van der Waals surface area contributed by atoms with Crippen molar-refractivity contribution < 1.29 is 31.4 Å². The zero-order valence-corrected chi connectivity index (χ0v) is 31.1. The van der Waals surface area contributed by atoms with Gasteiger partial charge in [-0.05, 0) is 25.7 Å². The summed E-state index contributed by atoms with van der Waals surface area (Å²) in [5.41, 5.74) is 4.49. The second-order valence-corrected chi connectivity index (χ2v) is 14.6. The van der Waals surface area contributed by atoms with Gasteiger partial charge in [0.25, 0.3) is 0 Å². The third-order valence-corrected chi connectivity index (χ3v) is 10.4. The van der Waals surface area contributed by atoms with Crippen LogP contribution in [0.25, 0.3) is 41.5 Å². The molecule has 0 bridgehead atoms. The van der Waals surface area contributed by atoms with Crippen LogP contribution < -0.4 is 0 Å². The third-order valence-electron chi connectivity index (χ3n) is 7.96. The minimum Gasteiger partial charge on any atom is 0 e. The molecule has 1 radical (unpaired) electrons. The number of aromatic nitrogens is 2. The molecule has 3 aromatic carbocycles. The summed E-state index contributed by atoms with van der Waals surface area (Å²) in [5.74, 6) is 0.547. The predicted octanol–water partition coefficient (Wildman–Crippen LogP) is 9.92. The van der Waals surface area contributed by atoms with E-state index in [0.29, 0.717) is 6.04 Å². The Labute approximate surface area is 283 Å². The van der Waals surface area contributed by atoms with Gasteiger partial charge in [0.2, 0.25) is 0 Å². The van der Waals surface area contributed by atoms with Crippen molar-refractivity contribution >= 4 is 50.5 Å². The summed E-state index contributed by atoms with van der Waals surface area (Å²) < 4.78 is 11.0. The number of nitrogens with zero attached hydrogens (tertiary/aromatic N) is 2. The molecule has 0 saturated carbocycles. The van der Waals surface area contributed by atoms with Gasteiger partial charge in [0, 0.05) is 38.0 Å². The SMILES string of the molecule is CCC(CC)C(=O)/C=C(\O)C(CC)CC.[2H]c1cc(-c2ncnc3c2[se]c2cc(CC(C)(C)C)ccc23)[c-]c2ccccc12.[Ir]. The maximum atomic E-state index is 11.7. The van der Waals surface area contributed by atoms with Crippen LogP contribution in [0.5, 0.6) is 0 Å². The van der Waals surface area contributed by atoms with Gasteiger partial charge in [0.1, 0.15) is 0 Å². The summed E-state index contributed by atoms with van der Waals surface area (Å²) in [7, 11) is 0. The predicted molar refractivity (Wildman–Crippen MR) is 183 cm³/mol. The molecular formula is C38H45IrN2O2Se-. The largest absolute Gasteiger partial charge is 0 e. The van der Waals surface area contributed by atoms with Gasteiger partial charge < -0.3 is 5.11 Å². The number of fused-ring (bicyclic) bond motifs is 4. The van der Waals surface area contributed by atoms with E-state index in [4.69, 9.17) is 1.37 Å². The molecule has 0 unspecified atom stereocenters. The van der Waals surface area contributed by atoms with Crippen LogP contribution >= 0.6 is 0 Å². The van der Waals surface area contributed by atoms with Gasteiger partial charge in [-0.25, -0.2) is 0 Å². The van der Waals surface area contributed by atoms with Crippen molar-refractivity contribution in [3.63, 3.8) is 0 Å². The van der Waals surface area contributed by atoms with E-state index in [1.165, 1.54) is 25.5 Å². The van der Waals surface area contributed by atoms with Crippen molar-refractivity contribution in [2.75, 3.05) is 0 Å². The summed E-state index contributed by atoms with van der Waals surface area (Å²) in [6.45, 7) is 14.9. The molecule has 4 nitrogen and oxygen atoms in total. The first kappa shape index (κ1) is 34.3. The number of benzene rings is 3. The number of aliphatic hydroxyl groups excluding tert-OH is 1. The average molecular weight is 834 g/mol. The number of carbonyl (C=O) groups excluding carboxylic acids is 1. The number of hydrogen-bond donors (Lipinski definition) is 1. The van der Waals surface area contributed by atoms with Gasteiger partial charge in [0.05, 0.1) is 5.76 Å². The van der Waals surface area contributed by atoms with Gasteiger partial charge in [0.15, 0.2) is 5.78 Å². The number of aliphatic hydroxyl groups is 1. The quantitative estimate of drug-likeness (QED) is 0.0696. The second-order valence-electron chi connectivity index (χ2n) is 12.4. The van der Waals surface area contributed by atoms with Crippen LogP contribution in [-0.2, 0) is 31.3 Å². The number of rotatable bonds is 9. The fraction of sp³-hybridized carbons (Fsp3) is 0.395. The minimum absolute atomic E-state index is 0. The molecule has 0 aliphatic rings. The summed E-state index contributed by atoms with van der Waals surface area (Å²) in [6, 6.07) is 20.6. The normalized spacial score (nSPS) is 12.4. The summed E-state index contributed by atoms with van der Waals surface area (Å²) in [4.78, 5) is 21.0. The fourth-order valence-electron chi connectivity index (χ4n) is 5.49. The Bertz CT molecular complexity index is 1780. The van der Waals surface area contributed by atoms with E-state index in [2.05, 4.69) is 55.0 Å². The first-order chi connectivity index (χ1) is 21.0. The molecule has 5 aromatic rings. The smallest absolute Gasteiger partial charge is 0 e. The number of allylic oxidation sites excluding steroid dienone is 2. The van der Waals surface area contributed by atoms with E-state index in [-0.39, 0.29) is 63.4 Å². The molecule has 0 spiro atoms.